The maximum atomic E-state index is 12.4. The molecule has 0 saturated carbocycles. The molecule has 0 bridgehead atoms. The van der Waals surface area contributed by atoms with Crippen LogP contribution in [-0.4, -0.2) is 58.9 Å². The molecule has 2 amide bonds. The van der Waals surface area contributed by atoms with Gasteiger partial charge in [0, 0.05) is 6.42 Å². The van der Waals surface area contributed by atoms with Crippen LogP contribution >= 0.6 is 7.82 Å². The van der Waals surface area contributed by atoms with E-state index in [1.807, 2.05) is 65.0 Å². The molecule has 0 saturated heterocycles. The van der Waals surface area contributed by atoms with Crippen LogP contribution in [0.15, 0.2) is 91.0 Å². The monoisotopic (exact) mass is 666 g/mol. The standard InChI is InChI=1S/C22H32N4O4.C12H11O4P/c1-20(2,3)30-19(28)24-21(4)14-23-17-22(5,11-12-26(17)15-21)25-18(27)29-13-16-9-7-6-8-10-16;13-17(14,15-11-7-3-1-4-8-11)16-12-9-5-2-6-10-12/h6-10H,11-15H2,1-5H3,(H2,24,25,27,28);1-10H,(H,13,14)/t21-,22-;/m1./s1. The highest BCUT2D eigenvalue weighted by Crippen LogP contribution is 2.40. The Morgan fingerprint density at radius 2 is 1.40 bits per heavy atom. The minimum atomic E-state index is -4.39. The number of carbonyl (C=O) groups is 2. The van der Waals surface area contributed by atoms with Gasteiger partial charge in [0.15, 0.2) is 0 Å². The number of benzene rings is 3. The van der Waals surface area contributed by atoms with Crippen molar-refractivity contribution in [3.05, 3.63) is 96.6 Å². The second-order valence-corrected chi connectivity index (χ2v) is 14.1. The number of rotatable bonds is 8. The van der Waals surface area contributed by atoms with Crippen LogP contribution in [0, 0.1) is 0 Å². The molecule has 0 spiro atoms. The van der Waals surface area contributed by atoms with Gasteiger partial charge in [-0.2, -0.15) is 0 Å². The number of nitrogens with one attached hydrogen (secondary N) is 3. The summed E-state index contributed by atoms with van der Waals surface area (Å²) in [6.07, 6.45) is -0.129. The van der Waals surface area contributed by atoms with Crippen LogP contribution in [0.2, 0.25) is 0 Å². The molecule has 2 aliphatic rings. The van der Waals surface area contributed by atoms with Crippen molar-refractivity contribution in [3.8, 4) is 11.5 Å². The third kappa shape index (κ3) is 11.0. The molecule has 3 aromatic rings. The van der Waals surface area contributed by atoms with E-state index >= 15 is 0 Å². The summed E-state index contributed by atoms with van der Waals surface area (Å²) in [7, 11) is -4.39. The van der Waals surface area contributed by atoms with Crippen molar-refractivity contribution in [2.75, 3.05) is 19.6 Å². The van der Waals surface area contributed by atoms with Crippen LogP contribution in [-0.2, 0) is 20.6 Å². The van der Waals surface area contributed by atoms with Crippen LogP contribution in [0.5, 0.6) is 11.5 Å². The second-order valence-electron chi connectivity index (χ2n) is 12.8. The van der Waals surface area contributed by atoms with E-state index in [0.717, 1.165) is 24.4 Å². The minimum absolute atomic E-state index is 0.224. The predicted octanol–water partition coefficient (Wildman–Crippen LogP) is 4.99. The SMILES string of the molecule is CC(C)(C)OC(=O)N[C@]1(C)CNC2=[N+](CC[C@@]2(C)NC(=O)OCc2ccccc2)C1.O=P([O-])(Oc1ccccc1)Oc1ccccc1. The summed E-state index contributed by atoms with van der Waals surface area (Å²) in [4.78, 5) is 36.2. The van der Waals surface area contributed by atoms with Gasteiger partial charge in [0.2, 0.25) is 0 Å². The van der Waals surface area contributed by atoms with E-state index in [4.69, 9.17) is 18.5 Å². The molecular weight excluding hydrogens is 623 g/mol. The van der Waals surface area contributed by atoms with Gasteiger partial charge in [0.25, 0.3) is 5.84 Å². The Bertz CT molecular complexity index is 1540. The summed E-state index contributed by atoms with van der Waals surface area (Å²) in [5.41, 5.74) is -0.625. The van der Waals surface area contributed by atoms with Crippen LogP contribution in [0.25, 0.3) is 0 Å². The average molecular weight is 667 g/mol. The molecular formula is C34H43N4O8P. The second kappa shape index (κ2) is 14.9. The average Bonchev–Trinajstić information content (AvgIpc) is 3.30. The first kappa shape index (κ1) is 35.3. The summed E-state index contributed by atoms with van der Waals surface area (Å²) >= 11 is 0. The molecule has 13 heteroatoms. The number of amides is 2. The van der Waals surface area contributed by atoms with Crippen molar-refractivity contribution in [2.45, 2.75) is 64.3 Å². The highest BCUT2D eigenvalue weighted by Gasteiger charge is 2.50. The van der Waals surface area contributed by atoms with Crippen molar-refractivity contribution in [1.82, 2.24) is 16.0 Å². The lowest BCUT2D eigenvalue weighted by molar-refractivity contribution is -0.534. The maximum Gasteiger partial charge on any atom is 0.408 e. The van der Waals surface area contributed by atoms with E-state index in [9.17, 15) is 19.0 Å². The zero-order valence-corrected chi connectivity index (χ0v) is 28.3. The number of amidine groups is 1. The van der Waals surface area contributed by atoms with E-state index in [0.29, 0.717) is 13.1 Å². The van der Waals surface area contributed by atoms with E-state index < -0.39 is 36.7 Å². The quantitative estimate of drug-likeness (QED) is 0.223. The molecule has 0 aromatic heterocycles. The molecule has 0 aliphatic carbocycles. The van der Waals surface area contributed by atoms with E-state index in [2.05, 4.69) is 20.5 Å². The van der Waals surface area contributed by atoms with Gasteiger partial charge in [0.1, 0.15) is 47.9 Å². The maximum absolute atomic E-state index is 12.4. The topological polar surface area (TPSA) is 150 Å². The Morgan fingerprint density at radius 3 is 1.94 bits per heavy atom. The molecule has 252 valence electrons. The molecule has 47 heavy (non-hydrogen) atoms. The molecule has 12 nitrogen and oxygen atoms in total. The van der Waals surface area contributed by atoms with E-state index in [1.165, 1.54) is 0 Å². The molecule has 3 N–H and O–H groups in total. The van der Waals surface area contributed by atoms with Gasteiger partial charge in [-0.25, -0.2) is 14.2 Å². The van der Waals surface area contributed by atoms with Gasteiger partial charge in [-0.15, -0.1) is 0 Å². The van der Waals surface area contributed by atoms with E-state index in [1.54, 1.807) is 60.7 Å². The highest BCUT2D eigenvalue weighted by atomic mass is 31.2. The van der Waals surface area contributed by atoms with Crippen LogP contribution in [0.4, 0.5) is 9.59 Å². The van der Waals surface area contributed by atoms with Gasteiger partial charge < -0.3 is 34.0 Å². The zero-order valence-electron chi connectivity index (χ0n) is 27.4. The van der Waals surface area contributed by atoms with Gasteiger partial charge >= 0.3 is 20.0 Å². The highest BCUT2D eigenvalue weighted by molar-refractivity contribution is 7.46. The molecule has 0 unspecified atom stereocenters. The molecule has 0 fully saturated rings. The summed E-state index contributed by atoms with van der Waals surface area (Å²) in [6, 6.07) is 26.0. The van der Waals surface area contributed by atoms with Crippen molar-refractivity contribution in [2.24, 2.45) is 0 Å². The van der Waals surface area contributed by atoms with Crippen molar-refractivity contribution >= 4 is 25.8 Å². The Balaban J connectivity index is 0.000000248. The van der Waals surface area contributed by atoms with Gasteiger partial charge in [0.05, 0.1) is 6.54 Å². The minimum Gasteiger partial charge on any atom is -0.736 e. The fourth-order valence-electron chi connectivity index (χ4n) is 5.14. The zero-order chi connectivity index (χ0) is 34.1. The number of carbonyl (C=O) groups excluding carboxylic acids is 2. The fraction of sp³-hybridized carbons (Fsp3) is 0.382. The number of ether oxygens (including phenoxy) is 2. The van der Waals surface area contributed by atoms with Crippen LogP contribution < -0.4 is 29.9 Å². The smallest absolute Gasteiger partial charge is 0.408 e. The number of hydrogen-bond donors (Lipinski definition) is 3. The number of phosphoric acid groups is 1. The molecule has 5 rings (SSSR count). The first-order valence-electron chi connectivity index (χ1n) is 15.3. The Morgan fingerprint density at radius 1 is 0.872 bits per heavy atom. The van der Waals surface area contributed by atoms with Crippen molar-refractivity contribution in [1.29, 1.82) is 0 Å². The third-order valence-corrected chi connectivity index (χ3v) is 8.09. The number of nitrogens with zero attached hydrogens (tertiary/aromatic N) is 1. The Kier molecular flexibility index (Phi) is 11.2. The molecule has 3 aromatic carbocycles. The predicted molar refractivity (Wildman–Crippen MR) is 175 cm³/mol. The number of para-hydroxylation sites is 2. The van der Waals surface area contributed by atoms with E-state index in [-0.39, 0.29) is 18.1 Å². The molecule has 2 aliphatic heterocycles. The largest absolute Gasteiger partial charge is 0.736 e. The lowest BCUT2D eigenvalue weighted by Gasteiger charge is -2.34. The lowest BCUT2D eigenvalue weighted by atomic mass is 9.96. The summed E-state index contributed by atoms with van der Waals surface area (Å²) < 4.78 is 34.1. The Labute approximate surface area is 275 Å². The lowest BCUT2D eigenvalue weighted by Crippen LogP contribution is -2.66. The van der Waals surface area contributed by atoms with Crippen LogP contribution in [0.3, 0.4) is 0 Å². The van der Waals surface area contributed by atoms with Crippen LogP contribution in [0.1, 0.15) is 46.6 Å². The number of alkyl carbamates (subject to hydrolysis) is 2. The molecule has 0 radical (unpaired) electrons. The number of hydrogen-bond acceptors (Lipinski definition) is 9. The van der Waals surface area contributed by atoms with Crippen molar-refractivity contribution in [3.63, 3.8) is 0 Å². The molecule has 2 atom stereocenters. The normalized spacial score (nSPS) is 20.4. The summed E-state index contributed by atoms with van der Waals surface area (Å²) in [5.74, 6) is 1.39. The molecule has 2 heterocycles. The third-order valence-electron chi connectivity index (χ3n) is 7.22. The summed E-state index contributed by atoms with van der Waals surface area (Å²) in [5, 5.41) is 9.40. The van der Waals surface area contributed by atoms with Gasteiger partial charge in [-0.1, -0.05) is 66.7 Å². The summed E-state index contributed by atoms with van der Waals surface area (Å²) in [6.45, 7) is 11.7. The first-order valence-corrected chi connectivity index (χ1v) is 16.8. The number of phosphoric ester groups is 1. The first-order chi connectivity index (χ1) is 22.1. The fourth-order valence-corrected chi connectivity index (χ4v) is 5.94. The van der Waals surface area contributed by atoms with Crippen molar-refractivity contribution < 1.29 is 42.1 Å². The van der Waals surface area contributed by atoms with Gasteiger partial charge in [-0.05, 0) is 64.4 Å². The Hall–Kier alpha value is -4.54. The van der Waals surface area contributed by atoms with Gasteiger partial charge in [-0.3, -0.25) is 9.89 Å².